The number of nitriles is 1. The van der Waals surface area contributed by atoms with Crippen LogP contribution in [0.3, 0.4) is 0 Å². The van der Waals surface area contributed by atoms with E-state index in [1.165, 1.54) is 0 Å². The molecule has 0 fully saturated rings. The lowest BCUT2D eigenvalue weighted by Crippen LogP contribution is -2.36. The highest BCUT2D eigenvalue weighted by Crippen LogP contribution is 2.12. The van der Waals surface area contributed by atoms with E-state index in [4.69, 9.17) is 10.00 Å². The van der Waals surface area contributed by atoms with Crippen LogP contribution in [0.1, 0.15) is 19.4 Å². The molecular weight excluding hydrogens is 190 g/mol. The highest BCUT2D eigenvalue weighted by molar-refractivity contribution is 5.40. The predicted octanol–water partition coefficient (Wildman–Crippen LogP) is 1.79. The second kappa shape index (κ2) is 4.76. The van der Waals surface area contributed by atoms with Gasteiger partial charge in [0.25, 0.3) is 0 Å². The SMILES string of the molecule is COCC(C)(C)Nc1ccc(C#N)cn1. The number of hydrogen-bond acceptors (Lipinski definition) is 4. The van der Waals surface area contributed by atoms with Gasteiger partial charge < -0.3 is 10.1 Å². The van der Waals surface area contributed by atoms with Gasteiger partial charge in [0.2, 0.25) is 0 Å². The van der Waals surface area contributed by atoms with Crippen LogP contribution in [-0.4, -0.2) is 24.2 Å². The number of aromatic nitrogens is 1. The summed E-state index contributed by atoms with van der Waals surface area (Å²) in [5, 5.41) is 11.8. The van der Waals surface area contributed by atoms with Gasteiger partial charge in [-0.25, -0.2) is 4.98 Å². The van der Waals surface area contributed by atoms with Crippen LogP contribution in [0.2, 0.25) is 0 Å². The zero-order valence-electron chi connectivity index (χ0n) is 9.24. The van der Waals surface area contributed by atoms with Crippen LogP contribution in [0.15, 0.2) is 18.3 Å². The molecule has 15 heavy (non-hydrogen) atoms. The lowest BCUT2D eigenvalue weighted by atomic mass is 10.1. The number of ether oxygens (including phenoxy) is 1. The summed E-state index contributed by atoms with van der Waals surface area (Å²) in [5.41, 5.74) is 0.390. The Morgan fingerprint density at radius 3 is 2.73 bits per heavy atom. The Bertz CT molecular complexity index is 351. The molecule has 0 spiro atoms. The van der Waals surface area contributed by atoms with Crippen molar-refractivity contribution in [1.29, 1.82) is 5.26 Å². The van der Waals surface area contributed by atoms with Crippen molar-refractivity contribution in [2.75, 3.05) is 19.0 Å². The van der Waals surface area contributed by atoms with Crippen LogP contribution >= 0.6 is 0 Å². The fourth-order valence-electron chi connectivity index (χ4n) is 1.28. The Morgan fingerprint density at radius 2 is 2.27 bits per heavy atom. The van der Waals surface area contributed by atoms with Crippen LogP contribution in [0.5, 0.6) is 0 Å². The average Bonchev–Trinajstić information content (AvgIpc) is 2.18. The minimum absolute atomic E-state index is 0.171. The van der Waals surface area contributed by atoms with Crippen LogP contribution in [0, 0.1) is 11.3 Å². The highest BCUT2D eigenvalue weighted by atomic mass is 16.5. The molecule has 1 heterocycles. The van der Waals surface area contributed by atoms with Crippen molar-refractivity contribution in [1.82, 2.24) is 4.98 Å². The first-order valence-electron chi connectivity index (χ1n) is 4.71. The van der Waals surface area contributed by atoms with Crippen LogP contribution in [0.25, 0.3) is 0 Å². The van der Waals surface area contributed by atoms with Crippen LogP contribution in [-0.2, 0) is 4.74 Å². The van der Waals surface area contributed by atoms with Crippen molar-refractivity contribution in [3.05, 3.63) is 23.9 Å². The molecule has 0 aliphatic heterocycles. The van der Waals surface area contributed by atoms with E-state index >= 15 is 0 Å². The van der Waals surface area contributed by atoms with Gasteiger partial charge in [-0.05, 0) is 26.0 Å². The summed E-state index contributed by atoms with van der Waals surface area (Å²) in [7, 11) is 1.66. The van der Waals surface area contributed by atoms with Crippen molar-refractivity contribution in [2.24, 2.45) is 0 Å². The smallest absolute Gasteiger partial charge is 0.126 e. The lowest BCUT2D eigenvalue weighted by molar-refractivity contribution is 0.158. The number of pyridine rings is 1. The molecular formula is C11H15N3O. The van der Waals surface area contributed by atoms with E-state index < -0.39 is 0 Å². The van der Waals surface area contributed by atoms with Gasteiger partial charge in [0.05, 0.1) is 17.7 Å². The van der Waals surface area contributed by atoms with Gasteiger partial charge in [0.15, 0.2) is 0 Å². The summed E-state index contributed by atoms with van der Waals surface area (Å²) in [4.78, 5) is 4.13. The molecule has 4 nitrogen and oxygen atoms in total. The largest absolute Gasteiger partial charge is 0.382 e. The molecule has 0 radical (unpaired) electrons. The van der Waals surface area contributed by atoms with Crippen molar-refractivity contribution in [3.8, 4) is 6.07 Å². The van der Waals surface area contributed by atoms with Crippen LogP contribution < -0.4 is 5.32 Å². The molecule has 0 amide bonds. The molecule has 0 saturated heterocycles. The minimum atomic E-state index is -0.171. The van der Waals surface area contributed by atoms with Crippen LogP contribution in [0.4, 0.5) is 5.82 Å². The van der Waals surface area contributed by atoms with Gasteiger partial charge in [-0.2, -0.15) is 5.26 Å². The van der Waals surface area contributed by atoms with E-state index in [2.05, 4.69) is 10.3 Å². The normalized spacial score (nSPS) is 10.8. The lowest BCUT2D eigenvalue weighted by Gasteiger charge is -2.25. The fraction of sp³-hybridized carbons (Fsp3) is 0.455. The second-order valence-electron chi connectivity index (χ2n) is 3.99. The van der Waals surface area contributed by atoms with E-state index in [0.29, 0.717) is 12.2 Å². The van der Waals surface area contributed by atoms with Crippen molar-refractivity contribution >= 4 is 5.82 Å². The molecule has 0 aliphatic rings. The first-order chi connectivity index (χ1) is 7.07. The Labute approximate surface area is 89.9 Å². The summed E-state index contributed by atoms with van der Waals surface area (Å²) >= 11 is 0. The first-order valence-corrected chi connectivity index (χ1v) is 4.71. The van der Waals surface area contributed by atoms with Gasteiger partial charge in [0.1, 0.15) is 11.9 Å². The van der Waals surface area contributed by atoms with Gasteiger partial charge in [-0.3, -0.25) is 0 Å². The van der Waals surface area contributed by atoms with Crippen molar-refractivity contribution in [3.63, 3.8) is 0 Å². The maximum absolute atomic E-state index is 8.61. The van der Waals surface area contributed by atoms with Gasteiger partial charge in [0, 0.05) is 13.3 Å². The topological polar surface area (TPSA) is 57.9 Å². The molecule has 0 unspecified atom stereocenters. The van der Waals surface area contributed by atoms with E-state index in [1.54, 1.807) is 25.4 Å². The number of anilines is 1. The predicted molar refractivity (Wildman–Crippen MR) is 58.5 cm³/mol. The molecule has 1 aromatic rings. The Kier molecular flexibility index (Phi) is 3.64. The number of rotatable bonds is 4. The summed E-state index contributed by atoms with van der Waals surface area (Å²) < 4.78 is 5.08. The summed E-state index contributed by atoms with van der Waals surface area (Å²) in [6.45, 7) is 4.64. The maximum atomic E-state index is 8.61. The molecule has 0 bridgehead atoms. The summed E-state index contributed by atoms with van der Waals surface area (Å²) in [6, 6.07) is 5.55. The molecule has 0 saturated carbocycles. The molecule has 0 aliphatic carbocycles. The Morgan fingerprint density at radius 1 is 1.53 bits per heavy atom. The molecule has 4 heteroatoms. The molecule has 80 valence electrons. The molecule has 1 aromatic heterocycles. The third kappa shape index (κ3) is 3.56. The maximum Gasteiger partial charge on any atom is 0.126 e. The van der Waals surface area contributed by atoms with Gasteiger partial charge in [-0.1, -0.05) is 0 Å². The molecule has 1 rings (SSSR count). The fourth-order valence-corrected chi connectivity index (χ4v) is 1.28. The average molecular weight is 205 g/mol. The second-order valence-corrected chi connectivity index (χ2v) is 3.99. The van der Waals surface area contributed by atoms with Gasteiger partial charge in [-0.15, -0.1) is 0 Å². The Balaban J connectivity index is 2.69. The van der Waals surface area contributed by atoms with E-state index in [9.17, 15) is 0 Å². The minimum Gasteiger partial charge on any atom is -0.382 e. The molecule has 0 atom stereocenters. The summed E-state index contributed by atoms with van der Waals surface area (Å²) in [5.74, 6) is 0.746. The molecule has 1 N–H and O–H groups in total. The van der Waals surface area contributed by atoms with Gasteiger partial charge >= 0.3 is 0 Å². The third-order valence-corrected chi connectivity index (χ3v) is 1.86. The number of hydrogen-bond donors (Lipinski definition) is 1. The van der Waals surface area contributed by atoms with Crippen molar-refractivity contribution < 1.29 is 4.74 Å². The zero-order chi connectivity index (χ0) is 11.3. The Hall–Kier alpha value is -1.60. The number of methoxy groups -OCH3 is 1. The van der Waals surface area contributed by atoms with E-state index in [-0.39, 0.29) is 5.54 Å². The van der Waals surface area contributed by atoms with E-state index in [1.807, 2.05) is 19.9 Å². The monoisotopic (exact) mass is 205 g/mol. The quantitative estimate of drug-likeness (QED) is 0.814. The first kappa shape index (κ1) is 11.5. The zero-order valence-corrected chi connectivity index (χ0v) is 9.24. The number of nitrogens with one attached hydrogen (secondary N) is 1. The van der Waals surface area contributed by atoms with Crippen molar-refractivity contribution in [2.45, 2.75) is 19.4 Å². The highest BCUT2D eigenvalue weighted by Gasteiger charge is 2.17. The number of nitrogens with zero attached hydrogens (tertiary/aromatic N) is 2. The third-order valence-electron chi connectivity index (χ3n) is 1.86. The van der Waals surface area contributed by atoms with E-state index in [0.717, 1.165) is 5.82 Å². The standard InChI is InChI=1S/C11H15N3O/c1-11(2,8-15-3)14-10-5-4-9(6-12)7-13-10/h4-5,7H,8H2,1-3H3,(H,13,14). The molecule has 0 aromatic carbocycles. The summed E-state index contributed by atoms with van der Waals surface area (Å²) in [6.07, 6.45) is 1.55.